The molecule has 2 fully saturated rings. The molecule has 0 aromatic carbocycles. The highest BCUT2D eigenvalue weighted by Crippen LogP contribution is 2.40. The molecule has 0 radical (unpaired) electrons. The van der Waals surface area contributed by atoms with E-state index in [0.29, 0.717) is 24.6 Å². The van der Waals surface area contributed by atoms with Crippen LogP contribution in [-0.4, -0.2) is 63.2 Å². The summed E-state index contributed by atoms with van der Waals surface area (Å²) in [6, 6.07) is 0.0477. The van der Waals surface area contributed by atoms with Crippen molar-refractivity contribution in [3.8, 4) is 0 Å². The molecular formula is C18H24N6O2. The Bertz CT molecular complexity index is 787. The van der Waals surface area contributed by atoms with Crippen molar-refractivity contribution in [1.82, 2.24) is 29.7 Å². The molecule has 26 heavy (non-hydrogen) atoms. The topological polar surface area (TPSA) is 85.2 Å². The maximum Gasteiger partial charge on any atom is 0.254 e. The lowest BCUT2D eigenvalue weighted by Gasteiger charge is -2.39. The first-order chi connectivity index (χ1) is 12.6. The summed E-state index contributed by atoms with van der Waals surface area (Å²) in [7, 11) is 4.05. The standard InChI is InChI=1S/C18H24N6O2/c1-23-5-6-26-15(17(23)14-8-20-11-24(14)2)9-21-18(25)13-7-19-10-22-16(13)12-3-4-12/h7-8,10-12,15,17H,3-6,9H2,1-2H3,(H,21,25)/t15-,17-/m0/s1. The quantitative estimate of drug-likeness (QED) is 0.856. The van der Waals surface area contributed by atoms with E-state index in [-0.39, 0.29) is 18.1 Å². The first-order valence-corrected chi connectivity index (χ1v) is 9.01. The number of amides is 1. The molecule has 2 aliphatic rings. The molecule has 1 saturated carbocycles. The third kappa shape index (κ3) is 3.34. The Labute approximate surface area is 152 Å². The average molecular weight is 356 g/mol. The van der Waals surface area contributed by atoms with Gasteiger partial charge in [0.25, 0.3) is 5.91 Å². The Hall–Kier alpha value is -2.32. The van der Waals surface area contributed by atoms with Crippen LogP contribution in [0.1, 0.15) is 46.5 Å². The van der Waals surface area contributed by atoms with Crippen LogP contribution in [0, 0.1) is 0 Å². The number of imidazole rings is 1. The van der Waals surface area contributed by atoms with Gasteiger partial charge in [-0.2, -0.15) is 0 Å². The second-order valence-corrected chi connectivity index (χ2v) is 7.07. The minimum Gasteiger partial charge on any atom is -0.373 e. The van der Waals surface area contributed by atoms with Crippen LogP contribution in [0.5, 0.6) is 0 Å². The van der Waals surface area contributed by atoms with Crippen molar-refractivity contribution >= 4 is 5.91 Å². The molecule has 1 aliphatic carbocycles. The zero-order valence-electron chi connectivity index (χ0n) is 15.1. The van der Waals surface area contributed by atoms with Crippen molar-refractivity contribution in [2.24, 2.45) is 7.05 Å². The molecule has 0 unspecified atom stereocenters. The van der Waals surface area contributed by atoms with Crippen molar-refractivity contribution in [2.45, 2.75) is 30.9 Å². The number of ether oxygens (including phenoxy) is 1. The smallest absolute Gasteiger partial charge is 0.254 e. The normalized spacial score (nSPS) is 23.8. The summed E-state index contributed by atoms with van der Waals surface area (Å²) < 4.78 is 7.99. The van der Waals surface area contributed by atoms with Gasteiger partial charge in [0, 0.05) is 38.4 Å². The molecule has 3 heterocycles. The monoisotopic (exact) mass is 356 g/mol. The second-order valence-electron chi connectivity index (χ2n) is 7.07. The minimum absolute atomic E-state index is 0.0477. The van der Waals surface area contributed by atoms with Gasteiger partial charge in [0.1, 0.15) is 6.33 Å². The third-order valence-corrected chi connectivity index (χ3v) is 5.18. The van der Waals surface area contributed by atoms with E-state index in [1.54, 1.807) is 12.5 Å². The first kappa shape index (κ1) is 17.1. The number of carbonyl (C=O) groups is 1. The van der Waals surface area contributed by atoms with E-state index in [1.807, 2.05) is 17.8 Å². The molecule has 1 amide bonds. The van der Waals surface area contributed by atoms with Crippen LogP contribution in [0.3, 0.4) is 0 Å². The van der Waals surface area contributed by atoms with Crippen LogP contribution < -0.4 is 5.32 Å². The molecule has 8 heteroatoms. The van der Waals surface area contributed by atoms with Crippen molar-refractivity contribution in [3.63, 3.8) is 0 Å². The molecule has 1 saturated heterocycles. The molecule has 8 nitrogen and oxygen atoms in total. The van der Waals surface area contributed by atoms with E-state index in [0.717, 1.165) is 30.8 Å². The SMILES string of the molecule is CN1CCO[C@@H](CNC(=O)c2cncnc2C2CC2)[C@@H]1c1cncn1C. The van der Waals surface area contributed by atoms with Crippen molar-refractivity contribution < 1.29 is 9.53 Å². The molecule has 1 N–H and O–H groups in total. The Morgan fingerprint density at radius 2 is 2.15 bits per heavy atom. The van der Waals surface area contributed by atoms with Gasteiger partial charge < -0.3 is 14.6 Å². The fraction of sp³-hybridized carbons (Fsp3) is 0.556. The Kier molecular flexibility index (Phi) is 4.69. The van der Waals surface area contributed by atoms with Crippen molar-refractivity contribution in [1.29, 1.82) is 0 Å². The Balaban J connectivity index is 1.47. The molecule has 1 aliphatic heterocycles. The highest BCUT2D eigenvalue weighted by Gasteiger charge is 2.34. The molecule has 2 aromatic rings. The lowest BCUT2D eigenvalue weighted by Crippen LogP contribution is -2.48. The summed E-state index contributed by atoms with van der Waals surface area (Å²) in [6.07, 6.45) is 8.83. The van der Waals surface area contributed by atoms with E-state index in [1.165, 1.54) is 6.33 Å². The van der Waals surface area contributed by atoms with E-state index < -0.39 is 0 Å². The average Bonchev–Trinajstić information content (AvgIpc) is 3.42. The zero-order valence-corrected chi connectivity index (χ0v) is 15.1. The highest BCUT2D eigenvalue weighted by molar-refractivity contribution is 5.95. The van der Waals surface area contributed by atoms with E-state index >= 15 is 0 Å². The highest BCUT2D eigenvalue weighted by atomic mass is 16.5. The van der Waals surface area contributed by atoms with Gasteiger partial charge in [0.05, 0.1) is 42.0 Å². The predicted octanol–water partition coefficient (Wildman–Crippen LogP) is 0.889. The first-order valence-electron chi connectivity index (χ1n) is 9.01. The van der Waals surface area contributed by atoms with Crippen LogP contribution in [0.2, 0.25) is 0 Å². The second kappa shape index (κ2) is 7.13. The van der Waals surface area contributed by atoms with Gasteiger partial charge in [-0.1, -0.05) is 0 Å². The molecule has 2 atom stereocenters. The van der Waals surface area contributed by atoms with Gasteiger partial charge in [-0.15, -0.1) is 0 Å². The minimum atomic E-state index is -0.137. The number of morpholine rings is 1. The van der Waals surface area contributed by atoms with Gasteiger partial charge in [0.2, 0.25) is 0 Å². The third-order valence-electron chi connectivity index (χ3n) is 5.18. The summed E-state index contributed by atoms with van der Waals surface area (Å²) >= 11 is 0. The lowest BCUT2D eigenvalue weighted by atomic mass is 10.0. The fourth-order valence-electron chi connectivity index (χ4n) is 3.59. The number of nitrogens with one attached hydrogen (secondary N) is 1. The number of nitrogens with zero attached hydrogens (tertiary/aromatic N) is 5. The van der Waals surface area contributed by atoms with Crippen LogP contribution in [0.25, 0.3) is 0 Å². The molecule has 2 aromatic heterocycles. The van der Waals surface area contributed by atoms with Gasteiger partial charge in [-0.25, -0.2) is 15.0 Å². The van der Waals surface area contributed by atoms with Crippen LogP contribution in [-0.2, 0) is 11.8 Å². The van der Waals surface area contributed by atoms with Crippen molar-refractivity contribution in [2.75, 3.05) is 26.7 Å². The van der Waals surface area contributed by atoms with E-state index in [9.17, 15) is 4.79 Å². The molecule has 4 rings (SSSR count). The van der Waals surface area contributed by atoms with Gasteiger partial charge in [-0.05, 0) is 19.9 Å². The summed E-state index contributed by atoms with van der Waals surface area (Å²) in [4.78, 5) is 27.5. The van der Waals surface area contributed by atoms with Crippen LogP contribution in [0.4, 0.5) is 0 Å². The zero-order chi connectivity index (χ0) is 18.1. The Morgan fingerprint density at radius 3 is 2.88 bits per heavy atom. The summed E-state index contributed by atoms with van der Waals surface area (Å²) in [6.45, 7) is 1.92. The maximum absolute atomic E-state index is 12.7. The predicted molar refractivity (Wildman–Crippen MR) is 94.7 cm³/mol. The maximum atomic E-state index is 12.7. The Morgan fingerprint density at radius 1 is 1.31 bits per heavy atom. The molecule has 0 bridgehead atoms. The lowest BCUT2D eigenvalue weighted by molar-refractivity contribution is -0.0626. The summed E-state index contributed by atoms with van der Waals surface area (Å²) in [5.41, 5.74) is 2.52. The number of rotatable bonds is 5. The van der Waals surface area contributed by atoms with Crippen LogP contribution >= 0.6 is 0 Å². The summed E-state index contributed by atoms with van der Waals surface area (Å²) in [5, 5.41) is 3.02. The van der Waals surface area contributed by atoms with Crippen LogP contribution in [0.15, 0.2) is 25.0 Å². The summed E-state index contributed by atoms with van der Waals surface area (Å²) in [5.74, 6) is 0.270. The van der Waals surface area contributed by atoms with E-state index in [2.05, 4.69) is 32.2 Å². The number of likely N-dealkylation sites (N-methyl/N-ethyl adjacent to an activating group) is 1. The number of carbonyl (C=O) groups excluding carboxylic acids is 1. The number of aromatic nitrogens is 4. The van der Waals surface area contributed by atoms with E-state index in [4.69, 9.17) is 4.74 Å². The molecule has 138 valence electrons. The van der Waals surface area contributed by atoms with Gasteiger partial charge in [0.15, 0.2) is 0 Å². The van der Waals surface area contributed by atoms with Gasteiger partial charge >= 0.3 is 0 Å². The van der Waals surface area contributed by atoms with Crippen molar-refractivity contribution in [3.05, 3.63) is 42.0 Å². The largest absolute Gasteiger partial charge is 0.373 e. The number of hydrogen-bond acceptors (Lipinski definition) is 6. The fourth-order valence-corrected chi connectivity index (χ4v) is 3.59. The molecule has 0 spiro atoms. The van der Waals surface area contributed by atoms with Gasteiger partial charge in [-0.3, -0.25) is 9.69 Å². The number of aryl methyl sites for hydroxylation is 1. The number of hydrogen-bond donors (Lipinski definition) is 1. The molecular weight excluding hydrogens is 332 g/mol.